The summed E-state index contributed by atoms with van der Waals surface area (Å²) in [5.74, 6) is 0.0577. The third-order valence-corrected chi connectivity index (χ3v) is 2.98. The van der Waals surface area contributed by atoms with E-state index in [1.54, 1.807) is 12.1 Å². The Balaban J connectivity index is 2.33. The lowest BCUT2D eigenvalue weighted by Gasteiger charge is -2.10. The third kappa shape index (κ3) is 2.86. The summed E-state index contributed by atoms with van der Waals surface area (Å²) < 4.78 is 12.3. The third-order valence-electron chi connectivity index (χ3n) is 2.98. The van der Waals surface area contributed by atoms with Crippen molar-refractivity contribution in [1.29, 1.82) is 0 Å². The van der Waals surface area contributed by atoms with Crippen molar-refractivity contribution >= 4 is 5.97 Å². The second kappa shape index (κ2) is 5.66. The summed E-state index contributed by atoms with van der Waals surface area (Å²) in [6.07, 6.45) is 0. The van der Waals surface area contributed by atoms with Crippen LogP contribution >= 0.6 is 0 Å². The van der Waals surface area contributed by atoms with Gasteiger partial charge in [-0.15, -0.1) is 0 Å². The molecular weight excluding hydrogens is 276 g/mol. The summed E-state index contributed by atoms with van der Waals surface area (Å²) in [4.78, 5) is 34.7. The molecule has 0 saturated heterocycles. The Morgan fingerprint density at radius 2 is 1.67 bits per heavy atom. The molecule has 110 valence electrons. The van der Waals surface area contributed by atoms with E-state index in [2.05, 4.69) is 4.74 Å². The van der Waals surface area contributed by atoms with Crippen LogP contribution in [0.4, 0.5) is 0 Å². The van der Waals surface area contributed by atoms with Crippen LogP contribution in [0.25, 0.3) is 0 Å². The molecule has 0 amide bonds. The molecule has 1 aromatic heterocycles. The highest BCUT2D eigenvalue weighted by atomic mass is 16.5. The fourth-order valence-electron chi connectivity index (χ4n) is 1.71. The maximum atomic E-state index is 11.8. The lowest BCUT2D eigenvalue weighted by molar-refractivity contribution is 0.0600. The van der Waals surface area contributed by atoms with E-state index in [0.717, 1.165) is 4.57 Å². The van der Waals surface area contributed by atoms with Gasteiger partial charge in [0.15, 0.2) is 0 Å². The number of ether oxygens (including phenoxy) is 2. The molecule has 0 radical (unpaired) electrons. The predicted octanol–water partition coefficient (Wildman–Crippen LogP) is 0.663. The van der Waals surface area contributed by atoms with Crippen molar-refractivity contribution in [2.24, 2.45) is 14.1 Å². The van der Waals surface area contributed by atoms with E-state index < -0.39 is 17.2 Å². The van der Waals surface area contributed by atoms with Crippen LogP contribution in [0.15, 0.2) is 39.9 Å². The van der Waals surface area contributed by atoms with E-state index in [1.807, 2.05) is 0 Å². The second-order valence-corrected chi connectivity index (χ2v) is 4.34. The number of aromatic nitrogens is 2. The molecule has 0 bridgehead atoms. The highest BCUT2D eigenvalue weighted by Crippen LogP contribution is 2.19. The van der Waals surface area contributed by atoms with Gasteiger partial charge in [-0.05, 0) is 24.3 Å². The molecule has 21 heavy (non-hydrogen) atoms. The normalized spacial score (nSPS) is 10.2. The molecule has 0 aliphatic carbocycles. The van der Waals surface area contributed by atoms with E-state index in [-0.39, 0.29) is 5.88 Å². The number of benzene rings is 1. The Hall–Kier alpha value is -2.83. The van der Waals surface area contributed by atoms with Crippen molar-refractivity contribution in [1.82, 2.24) is 9.13 Å². The summed E-state index contributed by atoms with van der Waals surface area (Å²) in [6.45, 7) is 0. The topological polar surface area (TPSA) is 79.5 Å². The minimum atomic E-state index is -0.483. The first kappa shape index (κ1) is 14.6. The molecule has 0 atom stereocenters. The molecule has 2 aromatic rings. The molecular formula is C14H14N2O5. The number of nitrogens with zero attached hydrogens (tertiary/aromatic N) is 2. The molecule has 0 fully saturated rings. The van der Waals surface area contributed by atoms with Gasteiger partial charge in [0.25, 0.3) is 5.56 Å². The first-order valence-electron chi connectivity index (χ1n) is 6.07. The van der Waals surface area contributed by atoms with Gasteiger partial charge in [0.2, 0.25) is 5.88 Å². The summed E-state index contributed by atoms with van der Waals surface area (Å²) in [7, 11) is 4.18. The Morgan fingerprint density at radius 3 is 2.24 bits per heavy atom. The lowest BCUT2D eigenvalue weighted by Crippen LogP contribution is -2.36. The summed E-state index contributed by atoms with van der Waals surface area (Å²) in [5, 5.41) is 0. The Morgan fingerprint density at radius 1 is 1.05 bits per heavy atom. The molecule has 0 saturated carbocycles. The highest BCUT2D eigenvalue weighted by Gasteiger charge is 2.09. The molecule has 2 rings (SSSR count). The fourth-order valence-corrected chi connectivity index (χ4v) is 1.71. The van der Waals surface area contributed by atoms with Crippen LogP contribution in [0, 0.1) is 0 Å². The number of esters is 1. The fraction of sp³-hybridized carbons (Fsp3) is 0.214. The Kier molecular flexibility index (Phi) is 3.93. The molecule has 7 heteroatoms. The first-order valence-corrected chi connectivity index (χ1v) is 6.07. The second-order valence-electron chi connectivity index (χ2n) is 4.34. The van der Waals surface area contributed by atoms with E-state index >= 15 is 0 Å². The van der Waals surface area contributed by atoms with Gasteiger partial charge >= 0.3 is 11.7 Å². The number of hydrogen-bond acceptors (Lipinski definition) is 5. The molecule has 1 aromatic carbocycles. The minimum Gasteiger partial charge on any atom is -0.465 e. The average molecular weight is 290 g/mol. The Bertz CT molecular complexity index is 786. The van der Waals surface area contributed by atoms with Crippen LogP contribution in [0.3, 0.4) is 0 Å². The number of methoxy groups -OCH3 is 1. The maximum absolute atomic E-state index is 11.8. The molecule has 0 spiro atoms. The average Bonchev–Trinajstić information content (AvgIpc) is 2.50. The molecule has 0 unspecified atom stereocenters. The molecule has 1 heterocycles. The van der Waals surface area contributed by atoms with Crippen molar-refractivity contribution in [3.05, 3.63) is 56.7 Å². The zero-order chi connectivity index (χ0) is 15.6. The van der Waals surface area contributed by atoms with E-state index in [9.17, 15) is 14.4 Å². The number of rotatable bonds is 3. The smallest absolute Gasteiger partial charge is 0.337 e. The van der Waals surface area contributed by atoms with Gasteiger partial charge in [0.1, 0.15) is 5.75 Å². The monoisotopic (exact) mass is 290 g/mol. The maximum Gasteiger partial charge on any atom is 0.337 e. The lowest BCUT2D eigenvalue weighted by atomic mass is 10.2. The zero-order valence-corrected chi connectivity index (χ0v) is 11.8. The van der Waals surface area contributed by atoms with E-state index in [4.69, 9.17) is 4.74 Å². The van der Waals surface area contributed by atoms with E-state index in [1.165, 1.54) is 44.0 Å². The van der Waals surface area contributed by atoms with Gasteiger partial charge in [-0.3, -0.25) is 13.9 Å². The van der Waals surface area contributed by atoms with Crippen LogP contribution in [0.2, 0.25) is 0 Å². The summed E-state index contributed by atoms with van der Waals surface area (Å²) in [6, 6.07) is 7.37. The van der Waals surface area contributed by atoms with Crippen LogP contribution in [-0.2, 0) is 18.8 Å². The number of carbonyl (C=O) groups excluding carboxylic acids is 1. The standard InChI is InChI=1S/C14H14N2O5/c1-15-11(17)8-12(16(2)14(15)19)21-10-6-4-9(5-7-10)13(18)20-3/h4-8H,1-3H3. The largest absolute Gasteiger partial charge is 0.465 e. The first-order chi connectivity index (χ1) is 9.93. The van der Waals surface area contributed by atoms with Crippen molar-refractivity contribution in [2.75, 3.05) is 7.11 Å². The van der Waals surface area contributed by atoms with Gasteiger partial charge in [0.05, 0.1) is 18.7 Å². The summed E-state index contributed by atoms with van der Waals surface area (Å²) >= 11 is 0. The van der Waals surface area contributed by atoms with Gasteiger partial charge in [0, 0.05) is 14.1 Å². The van der Waals surface area contributed by atoms with Crippen molar-refractivity contribution < 1.29 is 14.3 Å². The summed E-state index contributed by atoms with van der Waals surface area (Å²) in [5.41, 5.74) is -0.564. The van der Waals surface area contributed by atoms with Crippen molar-refractivity contribution in [3.63, 3.8) is 0 Å². The quantitative estimate of drug-likeness (QED) is 0.776. The Labute approximate surface area is 120 Å². The molecule has 0 aliphatic heterocycles. The van der Waals surface area contributed by atoms with Gasteiger partial charge in [-0.25, -0.2) is 9.59 Å². The zero-order valence-electron chi connectivity index (χ0n) is 11.8. The van der Waals surface area contributed by atoms with E-state index in [0.29, 0.717) is 11.3 Å². The van der Waals surface area contributed by atoms with Crippen LogP contribution < -0.4 is 16.0 Å². The predicted molar refractivity (Wildman–Crippen MR) is 74.8 cm³/mol. The van der Waals surface area contributed by atoms with Crippen LogP contribution in [0.5, 0.6) is 11.6 Å². The molecule has 0 aliphatic rings. The van der Waals surface area contributed by atoms with Crippen LogP contribution in [-0.4, -0.2) is 22.2 Å². The number of hydrogen-bond donors (Lipinski definition) is 0. The van der Waals surface area contributed by atoms with Gasteiger partial charge in [-0.1, -0.05) is 0 Å². The van der Waals surface area contributed by atoms with Crippen molar-refractivity contribution in [2.45, 2.75) is 0 Å². The minimum absolute atomic E-state index is 0.119. The molecule has 7 nitrogen and oxygen atoms in total. The van der Waals surface area contributed by atoms with Crippen molar-refractivity contribution in [3.8, 4) is 11.6 Å². The number of carbonyl (C=O) groups is 1. The van der Waals surface area contributed by atoms with Gasteiger partial charge < -0.3 is 9.47 Å². The highest BCUT2D eigenvalue weighted by molar-refractivity contribution is 5.89. The van der Waals surface area contributed by atoms with Gasteiger partial charge in [-0.2, -0.15) is 0 Å². The SMILES string of the molecule is COC(=O)c1ccc(Oc2cc(=O)n(C)c(=O)n2C)cc1. The van der Waals surface area contributed by atoms with Crippen LogP contribution in [0.1, 0.15) is 10.4 Å². The molecule has 0 N–H and O–H groups in total.